The number of rotatable bonds is 13. The molecule has 1 aromatic rings. The van der Waals surface area contributed by atoms with Crippen molar-refractivity contribution in [2.24, 2.45) is 11.5 Å². The summed E-state index contributed by atoms with van der Waals surface area (Å²) in [4.78, 5) is 22.6. The van der Waals surface area contributed by atoms with Crippen molar-refractivity contribution in [3.8, 4) is 0 Å². The van der Waals surface area contributed by atoms with Crippen molar-refractivity contribution >= 4 is 11.8 Å². The Bertz CT molecular complexity index is 512. The number of carbonyl (C=O) groups excluding carboxylic acids is 2. The second kappa shape index (κ2) is 12.5. The lowest BCUT2D eigenvalue weighted by atomic mass is 10.0. The minimum atomic E-state index is -0.225. The molecular weight excluding hydrogens is 314 g/mol. The van der Waals surface area contributed by atoms with Gasteiger partial charge in [-0.25, -0.2) is 0 Å². The molecule has 0 aromatic heterocycles. The monoisotopic (exact) mass is 347 g/mol. The fraction of sp³-hybridized carbons (Fsp3) is 0.600. The fourth-order valence-electron chi connectivity index (χ4n) is 2.70. The third kappa shape index (κ3) is 11.3. The van der Waals surface area contributed by atoms with Crippen LogP contribution in [0, 0.1) is 0 Å². The summed E-state index contributed by atoms with van der Waals surface area (Å²) in [5, 5.41) is 2.96. The topological polar surface area (TPSA) is 98.2 Å². The number of hydrogen-bond acceptors (Lipinski definition) is 3. The van der Waals surface area contributed by atoms with Gasteiger partial charge in [-0.2, -0.15) is 0 Å². The van der Waals surface area contributed by atoms with Crippen LogP contribution < -0.4 is 16.8 Å². The molecule has 5 heteroatoms. The number of amides is 2. The zero-order valence-electron chi connectivity index (χ0n) is 15.4. The van der Waals surface area contributed by atoms with Gasteiger partial charge in [-0.3, -0.25) is 9.59 Å². The van der Waals surface area contributed by atoms with E-state index in [1.54, 1.807) is 0 Å². The molecule has 0 saturated heterocycles. The summed E-state index contributed by atoms with van der Waals surface area (Å²) in [5.41, 5.74) is 13.1. The zero-order valence-corrected chi connectivity index (χ0v) is 15.4. The highest BCUT2D eigenvalue weighted by Gasteiger charge is 2.04. The average Bonchev–Trinajstić information content (AvgIpc) is 2.55. The second-order valence-corrected chi connectivity index (χ2v) is 6.84. The highest BCUT2D eigenvalue weighted by Crippen LogP contribution is 2.10. The molecule has 1 atom stereocenters. The van der Waals surface area contributed by atoms with E-state index in [0.29, 0.717) is 12.8 Å². The number of nitrogens with two attached hydrogens (primary N) is 2. The molecular formula is C20H33N3O2. The number of benzene rings is 1. The first-order valence-electron chi connectivity index (χ1n) is 9.35. The number of nitrogens with one attached hydrogen (secondary N) is 1. The van der Waals surface area contributed by atoms with Crippen LogP contribution in [0.5, 0.6) is 0 Å². The Hall–Kier alpha value is -1.88. The molecule has 1 rings (SSSR count). The van der Waals surface area contributed by atoms with E-state index >= 15 is 0 Å². The van der Waals surface area contributed by atoms with Gasteiger partial charge in [-0.05, 0) is 50.2 Å². The van der Waals surface area contributed by atoms with Gasteiger partial charge >= 0.3 is 0 Å². The quantitative estimate of drug-likeness (QED) is 0.478. The van der Waals surface area contributed by atoms with Gasteiger partial charge in [-0.1, -0.05) is 37.1 Å². The largest absolute Gasteiger partial charge is 0.370 e. The number of carbonyl (C=O) groups is 2. The van der Waals surface area contributed by atoms with E-state index in [-0.39, 0.29) is 17.9 Å². The lowest BCUT2D eigenvalue weighted by Crippen LogP contribution is -2.26. The molecule has 0 heterocycles. The fourth-order valence-corrected chi connectivity index (χ4v) is 2.70. The summed E-state index contributed by atoms with van der Waals surface area (Å²) in [5.74, 6) is -0.156. The summed E-state index contributed by atoms with van der Waals surface area (Å²) < 4.78 is 0. The molecule has 0 spiro atoms. The predicted molar refractivity (Wildman–Crippen MR) is 102 cm³/mol. The van der Waals surface area contributed by atoms with Crippen LogP contribution in [0.2, 0.25) is 0 Å². The van der Waals surface area contributed by atoms with Crippen molar-refractivity contribution in [3.05, 3.63) is 35.4 Å². The summed E-state index contributed by atoms with van der Waals surface area (Å²) in [7, 11) is 0. The molecule has 0 aliphatic carbocycles. The molecule has 0 aliphatic rings. The van der Waals surface area contributed by atoms with Crippen molar-refractivity contribution in [1.82, 2.24) is 5.32 Å². The standard InChI is InChI=1S/C20H33N3O2/c1-16(21)7-5-6-14-23-20(25)15-18-12-10-17(11-13-18)8-3-2-4-9-19(22)24/h10-13,16H,2-9,14-15,21H2,1H3,(H2,22,24)(H,23,25). The van der Waals surface area contributed by atoms with E-state index in [1.165, 1.54) is 5.56 Å². The molecule has 25 heavy (non-hydrogen) atoms. The molecule has 1 unspecified atom stereocenters. The number of primary amides is 1. The lowest BCUT2D eigenvalue weighted by Gasteiger charge is -2.07. The molecule has 1 aromatic carbocycles. The number of hydrogen-bond donors (Lipinski definition) is 3. The third-order valence-electron chi connectivity index (χ3n) is 4.18. The Morgan fingerprint density at radius 1 is 1.00 bits per heavy atom. The molecule has 0 aliphatic heterocycles. The Labute approximate surface area is 151 Å². The van der Waals surface area contributed by atoms with Crippen LogP contribution in [0.3, 0.4) is 0 Å². The zero-order chi connectivity index (χ0) is 18.5. The van der Waals surface area contributed by atoms with E-state index in [4.69, 9.17) is 11.5 Å². The second-order valence-electron chi connectivity index (χ2n) is 6.84. The van der Waals surface area contributed by atoms with Crippen LogP contribution in [0.25, 0.3) is 0 Å². The molecule has 5 N–H and O–H groups in total. The third-order valence-corrected chi connectivity index (χ3v) is 4.18. The van der Waals surface area contributed by atoms with Gasteiger partial charge in [0.05, 0.1) is 6.42 Å². The SMILES string of the molecule is CC(N)CCCCNC(=O)Cc1ccc(CCCCCC(N)=O)cc1. The highest BCUT2D eigenvalue weighted by atomic mass is 16.1. The van der Waals surface area contributed by atoms with E-state index in [9.17, 15) is 9.59 Å². The maximum absolute atomic E-state index is 11.9. The summed E-state index contributed by atoms with van der Waals surface area (Å²) in [6.45, 7) is 2.72. The predicted octanol–water partition coefficient (Wildman–Crippen LogP) is 2.45. The first-order chi connectivity index (χ1) is 12.0. The molecule has 0 radical (unpaired) electrons. The molecule has 0 saturated carbocycles. The van der Waals surface area contributed by atoms with Crippen LogP contribution in [0.15, 0.2) is 24.3 Å². The van der Waals surface area contributed by atoms with E-state index in [0.717, 1.165) is 57.1 Å². The minimum Gasteiger partial charge on any atom is -0.370 e. The Morgan fingerprint density at radius 3 is 2.32 bits per heavy atom. The van der Waals surface area contributed by atoms with Gasteiger partial charge in [0.25, 0.3) is 0 Å². The van der Waals surface area contributed by atoms with Crippen molar-refractivity contribution in [2.75, 3.05) is 6.54 Å². The van der Waals surface area contributed by atoms with Gasteiger partial charge < -0.3 is 16.8 Å². The Morgan fingerprint density at radius 2 is 1.68 bits per heavy atom. The van der Waals surface area contributed by atoms with Crippen LogP contribution in [0.1, 0.15) is 63.0 Å². The van der Waals surface area contributed by atoms with Gasteiger partial charge in [0, 0.05) is 19.0 Å². The number of unbranched alkanes of at least 4 members (excludes halogenated alkanes) is 3. The molecule has 2 amide bonds. The first kappa shape index (κ1) is 21.2. The molecule has 5 nitrogen and oxygen atoms in total. The lowest BCUT2D eigenvalue weighted by molar-refractivity contribution is -0.120. The van der Waals surface area contributed by atoms with Crippen LogP contribution in [0.4, 0.5) is 0 Å². The average molecular weight is 348 g/mol. The Kier molecular flexibility index (Phi) is 10.6. The van der Waals surface area contributed by atoms with Crippen LogP contribution in [-0.4, -0.2) is 24.4 Å². The maximum atomic E-state index is 11.9. The first-order valence-corrected chi connectivity index (χ1v) is 9.35. The van der Waals surface area contributed by atoms with Crippen molar-refractivity contribution in [2.45, 2.75) is 70.8 Å². The minimum absolute atomic E-state index is 0.0694. The van der Waals surface area contributed by atoms with E-state index in [1.807, 2.05) is 19.1 Å². The summed E-state index contributed by atoms with van der Waals surface area (Å²) in [6.07, 6.45) is 7.83. The van der Waals surface area contributed by atoms with Crippen molar-refractivity contribution in [3.63, 3.8) is 0 Å². The van der Waals surface area contributed by atoms with E-state index in [2.05, 4.69) is 17.4 Å². The van der Waals surface area contributed by atoms with Gasteiger partial charge in [0.15, 0.2) is 0 Å². The molecule has 0 fully saturated rings. The summed E-state index contributed by atoms with van der Waals surface area (Å²) >= 11 is 0. The van der Waals surface area contributed by atoms with Gasteiger partial charge in [-0.15, -0.1) is 0 Å². The summed E-state index contributed by atoms with van der Waals surface area (Å²) in [6, 6.07) is 8.44. The van der Waals surface area contributed by atoms with Gasteiger partial charge in [0.1, 0.15) is 0 Å². The van der Waals surface area contributed by atoms with Gasteiger partial charge in [0.2, 0.25) is 11.8 Å². The molecule has 0 bridgehead atoms. The maximum Gasteiger partial charge on any atom is 0.224 e. The normalized spacial score (nSPS) is 11.9. The smallest absolute Gasteiger partial charge is 0.224 e. The number of aryl methyl sites for hydroxylation is 1. The van der Waals surface area contributed by atoms with Crippen LogP contribution >= 0.6 is 0 Å². The van der Waals surface area contributed by atoms with Crippen LogP contribution in [-0.2, 0) is 22.4 Å². The van der Waals surface area contributed by atoms with Crippen molar-refractivity contribution in [1.29, 1.82) is 0 Å². The highest BCUT2D eigenvalue weighted by molar-refractivity contribution is 5.78. The van der Waals surface area contributed by atoms with E-state index < -0.39 is 0 Å². The molecule has 140 valence electrons. The Balaban J connectivity index is 2.18. The van der Waals surface area contributed by atoms with Crippen molar-refractivity contribution < 1.29 is 9.59 Å².